The van der Waals surface area contributed by atoms with Crippen LogP contribution in [-0.2, 0) is 30.5 Å². The van der Waals surface area contributed by atoms with Crippen molar-refractivity contribution < 1.29 is 4.74 Å². The van der Waals surface area contributed by atoms with Crippen LogP contribution in [0.2, 0.25) is 0 Å². The van der Waals surface area contributed by atoms with Crippen LogP contribution in [0.4, 0.5) is 0 Å². The van der Waals surface area contributed by atoms with Crippen LogP contribution >= 0.6 is 0 Å². The summed E-state index contributed by atoms with van der Waals surface area (Å²) in [6.45, 7) is 4.77. The zero-order valence-electron chi connectivity index (χ0n) is 13.7. The molecule has 0 unspecified atom stereocenters. The third kappa shape index (κ3) is 3.16. The van der Waals surface area contributed by atoms with Crippen molar-refractivity contribution in [3.8, 4) is 0 Å². The summed E-state index contributed by atoms with van der Waals surface area (Å²) in [5.41, 5.74) is 6.83. The van der Waals surface area contributed by atoms with E-state index in [1.165, 1.54) is 47.0 Å². The van der Waals surface area contributed by atoms with Crippen LogP contribution in [0.15, 0.2) is 18.2 Å². The molecule has 1 aliphatic rings. The van der Waals surface area contributed by atoms with Gasteiger partial charge in [-0.2, -0.15) is 0 Å². The number of aryl methyl sites for hydroxylation is 2. The standard InChI is InChI=1S/C19H26N2O/c1-3-14-8-9-19-16(12-14)17(13-20-10-11-22-2)15-6-4-5-7-18(15)21-19/h8-9,12,20H,3-7,10-11,13H2,1-2H3. The Morgan fingerprint density at radius 2 is 2.09 bits per heavy atom. The largest absolute Gasteiger partial charge is 0.383 e. The van der Waals surface area contributed by atoms with Crippen LogP contribution in [0.25, 0.3) is 10.9 Å². The Bertz CT molecular complexity index is 651. The normalized spacial score (nSPS) is 14.3. The molecule has 1 aromatic carbocycles. The van der Waals surface area contributed by atoms with Gasteiger partial charge in [-0.05, 0) is 60.9 Å². The lowest BCUT2D eigenvalue weighted by molar-refractivity contribution is 0.199. The maximum Gasteiger partial charge on any atom is 0.0708 e. The van der Waals surface area contributed by atoms with E-state index in [0.717, 1.165) is 38.1 Å². The summed E-state index contributed by atoms with van der Waals surface area (Å²) in [5, 5.41) is 4.87. The number of pyridine rings is 1. The van der Waals surface area contributed by atoms with E-state index >= 15 is 0 Å². The van der Waals surface area contributed by atoms with Crippen molar-refractivity contribution >= 4 is 10.9 Å². The van der Waals surface area contributed by atoms with E-state index in [9.17, 15) is 0 Å². The van der Waals surface area contributed by atoms with E-state index in [2.05, 4.69) is 30.4 Å². The number of ether oxygens (including phenoxy) is 1. The fourth-order valence-corrected chi connectivity index (χ4v) is 3.38. The molecule has 2 aromatic rings. The molecule has 0 fully saturated rings. The van der Waals surface area contributed by atoms with Crippen molar-refractivity contribution in [2.24, 2.45) is 0 Å². The maximum atomic E-state index is 5.14. The summed E-state index contributed by atoms with van der Waals surface area (Å²) in [7, 11) is 1.75. The van der Waals surface area contributed by atoms with Gasteiger partial charge >= 0.3 is 0 Å². The van der Waals surface area contributed by atoms with E-state index in [4.69, 9.17) is 9.72 Å². The summed E-state index contributed by atoms with van der Waals surface area (Å²) in [6, 6.07) is 6.75. The second-order valence-corrected chi connectivity index (χ2v) is 6.10. The summed E-state index contributed by atoms with van der Waals surface area (Å²) < 4.78 is 5.14. The molecule has 0 aliphatic heterocycles. The molecule has 1 N–H and O–H groups in total. The van der Waals surface area contributed by atoms with Crippen LogP contribution in [0.3, 0.4) is 0 Å². The predicted octanol–water partition coefficient (Wildman–Crippen LogP) is 3.41. The van der Waals surface area contributed by atoms with Crippen LogP contribution in [0, 0.1) is 0 Å². The summed E-state index contributed by atoms with van der Waals surface area (Å²) in [5.74, 6) is 0. The highest BCUT2D eigenvalue weighted by Crippen LogP contribution is 2.30. The molecule has 3 heteroatoms. The number of benzene rings is 1. The second-order valence-electron chi connectivity index (χ2n) is 6.10. The smallest absolute Gasteiger partial charge is 0.0708 e. The number of hydrogen-bond donors (Lipinski definition) is 1. The molecular formula is C19H26N2O. The number of fused-ring (bicyclic) bond motifs is 2. The molecule has 1 aliphatic carbocycles. The van der Waals surface area contributed by atoms with Gasteiger partial charge in [-0.1, -0.05) is 13.0 Å². The highest BCUT2D eigenvalue weighted by Gasteiger charge is 2.18. The van der Waals surface area contributed by atoms with Crippen molar-refractivity contribution in [2.45, 2.75) is 45.6 Å². The Kier molecular flexibility index (Phi) is 5.06. The average molecular weight is 298 g/mol. The third-order valence-corrected chi connectivity index (χ3v) is 4.64. The Labute approximate surface area is 133 Å². The Morgan fingerprint density at radius 3 is 2.91 bits per heavy atom. The van der Waals surface area contributed by atoms with Crippen molar-refractivity contribution in [1.29, 1.82) is 0 Å². The van der Waals surface area contributed by atoms with Gasteiger partial charge in [0.05, 0.1) is 12.1 Å². The van der Waals surface area contributed by atoms with E-state index in [-0.39, 0.29) is 0 Å². The second kappa shape index (κ2) is 7.21. The van der Waals surface area contributed by atoms with Crippen LogP contribution in [0.1, 0.15) is 42.1 Å². The van der Waals surface area contributed by atoms with Gasteiger partial charge in [0.15, 0.2) is 0 Å². The molecule has 22 heavy (non-hydrogen) atoms. The van der Waals surface area contributed by atoms with Gasteiger partial charge in [-0.3, -0.25) is 4.98 Å². The van der Waals surface area contributed by atoms with Gasteiger partial charge in [0.1, 0.15) is 0 Å². The molecule has 1 aromatic heterocycles. The number of rotatable bonds is 6. The highest BCUT2D eigenvalue weighted by molar-refractivity contribution is 5.84. The molecule has 0 radical (unpaired) electrons. The van der Waals surface area contributed by atoms with Crippen LogP contribution in [-0.4, -0.2) is 25.2 Å². The van der Waals surface area contributed by atoms with E-state index < -0.39 is 0 Å². The van der Waals surface area contributed by atoms with Gasteiger partial charge in [0.25, 0.3) is 0 Å². The third-order valence-electron chi connectivity index (χ3n) is 4.64. The van der Waals surface area contributed by atoms with Crippen molar-refractivity contribution in [3.05, 3.63) is 40.6 Å². The first kappa shape index (κ1) is 15.4. The predicted molar refractivity (Wildman–Crippen MR) is 91.3 cm³/mol. The van der Waals surface area contributed by atoms with Crippen molar-refractivity contribution in [2.75, 3.05) is 20.3 Å². The quantitative estimate of drug-likeness (QED) is 0.830. The molecule has 0 bridgehead atoms. The molecular weight excluding hydrogens is 272 g/mol. The van der Waals surface area contributed by atoms with Crippen molar-refractivity contribution in [3.63, 3.8) is 0 Å². The topological polar surface area (TPSA) is 34.2 Å². The first-order chi connectivity index (χ1) is 10.8. The lowest BCUT2D eigenvalue weighted by Gasteiger charge is -2.21. The summed E-state index contributed by atoms with van der Waals surface area (Å²) in [6.07, 6.45) is 5.94. The number of nitrogens with one attached hydrogen (secondary N) is 1. The summed E-state index contributed by atoms with van der Waals surface area (Å²) >= 11 is 0. The van der Waals surface area contributed by atoms with Crippen LogP contribution < -0.4 is 5.32 Å². The van der Waals surface area contributed by atoms with E-state index in [0.29, 0.717) is 0 Å². The minimum Gasteiger partial charge on any atom is -0.383 e. The summed E-state index contributed by atoms with van der Waals surface area (Å²) in [4.78, 5) is 4.94. The van der Waals surface area contributed by atoms with Gasteiger partial charge in [0, 0.05) is 31.3 Å². The molecule has 0 saturated heterocycles. The molecule has 3 nitrogen and oxygen atoms in total. The first-order valence-corrected chi connectivity index (χ1v) is 8.46. The van der Waals surface area contributed by atoms with Gasteiger partial charge in [-0.15, -0.1) is 0 Å². The van der Waals surface area contributed by atoms with Crippen LogP contribution in [0.5, 0.6) is 0 Å². The number of nitrogens with zero attached hydrogens (tertiary/aromatic N) is 1. The Hall–Kier alpha value is -1.45. The molecule has 3 rings (SSSR count). The monoisotopic (exact) mass is 298 g/mol. The van der Waals surface area contributed by atoms with Crippen molar-refractivity contribution in [1.82, 2.24) is 10.3 Å². The number of hydrogen-bond acceptors (Lipinski definition) is 3. The fraction of sp³-hybridized carbons (Fsp3) is 0.526. The lowest BCUT2D eigenvalue weighted by Crippen LogP contribution is -2.21. The molecule has 1 heterocycles. The average Bonchev–Trinajstić information content (AvgIpc) is 2.57. The van der Waals surface area contributed by atoms with E-state index in [1.54, 1.807) is 7.11 Å². The van der Waals surface area contributed by atoms with E-state index in [1.807, 2.05) is 0 Å². The fourth-order valence-electron chi connectivity index (χ4n) is 3.38. The minimum absolute atomic E-state index is 0.755. The molecule has 0 spiro atoms. The molecule has 118 valence electrons. The Balaban J connectivity index is 2.02. The molecule has 0 amide bonds. The Morgan fingerprint density at radius 1 is 1.23 bits per heavy atom. The zero-order chi connectivity index (χ0) is 15.4. The minimum atomic E-state index is 0.755. The van der Waals surface area contributed by atoms with Gasteiger partial charge in [0.2, 0.25) is 0 Å². The zero-order valence-corrected chi connectivity index (χ0v) is 13.7. The SMILES string of the molecule is CCc1ccc2nc3c(c(CNCCOC)c2c1)CCCC3. The highest BCUT2D eigenvalue weighted by atomic mass is 16.5. The lowest BCUT2D eigenvalue weighted by atomic mass is 9.89. The maximum absolute atomic E-state index is 5.14. The molecule has 0 atom stereocenters. The molecule has 0 saturated carbocycles. The first-order valence-electron chi connectivity index (χ1n) is 8.46. The number of methoxy groups -OCH3 is 1. The van der Waals surface area contributed by atoms with Gasteiger partial charge < -0.3 is 10.1 Å². The van der Waals surface area contributed by atoms with Gasteiger partial charge in [-0.25, -0.2) is 0 Å². The number of aromatic nitrogens is 1.